The second-order valence-corrected chi connectivity index (χ2v) is 5.69. The average molecular weight is 389 g/mol. The molecule has 2 N–H and O–H groups in total. The Morgan fingerprint density at radius 2 is 2.00 bits per heavy atom. The van der Waals surface area contributed by atoms with Crippen LogP contribution in [0.4, 0.5) is 24.8 Å². The van der Waals surface area contributed by atoms with Gasteiger partial charge in [-0.2, -0.15) is 13.2 Å². The first-order chi connectivity index (χ1) is 12.2. The zero-order valence-corrected chi connectivity index (χ0v) is 14.7. The largest absolute Gasteiger partial charge is 0.416 e. The van der Waals surface area contributed by atoms with Crippen LogP contribution in [0.2, 0.25) is 5.02 Å². The number of benzene rings is 1. The van der Waals surface area contributed by atoms with Crippen LogP contribution >= 0.6 is 11.6 Å². The molecule has 0 fully saturated rings. The summed E-state index contributed by atoms with van der Waals surface area (Å²) in [6.07, 6.45) is -4.51. The average Bonchev–Trinajstić information content (AvgIpc) is 2.55. The van der Waals surface area contributed by atoms with Crippen molar-refractivity contribution >= 4 is 29.1 Å². The zero-order chi connectivity index (χ0) is 19.3. The van der Waals surface area contributed by atoms with Crippen molar-refractivity contribution in [3.05, 3.63) is 46.2 Å². The van der Waals surface area contributed by atoms with E-state index in [1.165, 1.54) is 13.2 Å². The first-order valence-corrected chi connectivity index (χ1v) is 7.85. The highest BCUT2D eigenvalue weighted by Crippen LogP contribution is 2.34. The first kappa shape index (κ1) is 19.9. The van der Waals surface area contributed by atoms with Crippen LogP contribution in [0.15, 0.2) is 24.3 Å². The maximum Gasteiger partial charge on any atom is 0.416 e. The van der Waals surface area contributed by atoms with E-state index in [0.29, 0.717) is 18.8 Å². The Balaban J connectivity index is 2.26. The predicted octanol–water partition coefficient (Wildman–Crippen LogP) is 3.58. The van der Waals surface area contributed by atoms with E-state index in [-0.39, 0.29) is 22.4 Å². The van der Waals surface area contributed by atoms with Crippen LogP contribution in [0.1, 0.15) is 21.7 Å². The van der Waals surface area contributed by atoms with Gasteiger partial charge in [0.05, 0.1) is 22.9 Å². The second-order valence-electron chi connectivity index (χ2n) is 5.28. The monoisotopic (exact) mass is 388 g/mol. The van der Waals surface area contributed by atoms with Crippen molar-refractivity contribution in [1.82, 2.24) is 15.3 Å². The summed E-state index contributed by atoms with van der Waals surface area (Å²) in [5, 5.41) is 5.30. The van der Waals surface area contributed by atoms with E-state index in [1.807, 2.05) is 0 Å². The number of methoxy groups -OCH3 is 1. The summed E-state index contributed by atoms with van der Waals surface area (Å²) in [5.41, 5.74) is -0.353. The quantitative estimate of drug-likeness (QED) is 0.740. The van der Waals surface area contributed by atoms with Crippen molar-refractivity contribution in [3.63, 3.8) is 0 Å². The van der Waals surface area contributed by atoms with Crippen molar-refractivity contribution in [2.45, 2.75) is 13.1 Å². The van der Waals surface area contributed by atoms with Crippen LogP contribution in [-0.4, -0.2) is 36.1 Å². The number of carbonyl (C=O) groups is 1. The number of rotatable bonds is 6. The van der Waals surface area contributed by atoms with Crippen LogP contribution in [0.25, 0.3) is 0 Å². The highest BCUT2D eigenvalue weighted by atomic mass is 35.5. The lowest BCUT2D eigenvalue weighted by Crippen LogP contribution is -2.28. The molecule has 2 aromatic rings. The van der Waals surface area contributed by atoms with Crippen LogP contribution < -0.4 is 10.6 Å². The van der Waals surface area contributed by atoms with Gasteiger partial charge in [-0.25, -0.2) is 9.97 Å². The molecule has 0 radical (unpaired) electrons. The number of amides is 1. The summed E-state index contributed by atoms with van der Waals surface area (Å²) < 4.78 is 43.4. The Labute approximate surface area is 152 Å². The van der Waals surface area contributed by atoms with E-state index in [1.54, 1.807) is 6.92 Å². The van der Waals surface area contributed by atoms with Gasteiger partial charge in [0.2, 0.25) is 5.95 Å². The highest BCUT2D eigenvalue weighted by molar-refractivity contribution is 6.33. The smallest absolute Gasteiger partial charge is 0.383 e. The summed E-state index contributed by atoms with van der Waals surface area (Å²) in [6, 6.07) is 4.31. The van der Waals surface area contributed by atoms with Crippen molar-refractivity contribution in [1.29, 1.82) is 0 Å². The zero-order valence-electron chi connectivity index (χ0n) is 13.9. The molecule has 0 aliphatic rings. The van der Waals surface area contributed by atoms with Crippen molar-refractivity contribution < 1.29 is 22.7 Å². The molecule has 0 saturated carbocycles. The Morgan fingerprint density at radius 3 is 2.65 bits per heavy atom. The van der Waals surface area contributed by atoms with E-state index in [0.717, 1.165) is 18.2 Å². The van der Waals surface area contributed by atoms with Crippen LogP contribution in [-0.2, 0) is 10.9 Å². The third kappa shape index (κ3) is 5.30. The Hall–Kier alpha value is -2.39. The van der Waals surface area contributed by atoms with Gasteiger partial charge in [-0.1, -0.05) is 11.6 Å². The van der Waals surface area contributed by atoms with Crippen LogP contribution in [0.3, 0.4) is 0 Å². The lowest BCUT2D eigenvalue weighted by Gasteiger charge is -2.12. The molecular formula is C16H16ClF3N4O2. The summed E-state index contributed by atoms with van der Waals surface area (Å²) >= 11 is 5.94. The minimum absolute atomic E-state index is 0.0159. The molecular weight excluding hydrogens is 373 g/mol. The SMILES string of the molecule is COCCNC(=O)c1cc(C)nc(Nc2cc(C(F)(F)F)ccc2Cl)n1. The molecule has 1 aromatic carbocycles. The third-order valence-corrected chi connectivity index (χ3v) is 3.55. The second kappa shape index (κ2) is 8.33. The molecule has 2 rings (SSSR count). The molecule has 1 amide bonds. The van der Waals surface area contributed by atoms with E-state index in [9.17, 15) is 18.0 Å². The lowest BCUT2D eigenvalue weighted by atomic mass is 10.2. The van der Waals surface area contributed by atoms with E-state index in [4.69, 9.17) is 16.3 Å². The number of anilines is 2. The normalized spacial score (nSPS) is 11.3. The van der Waals surface area contributed by atoms with Crippen molar-refractivity contribution in [3.8, 4) is 0 Å². The van der Waals surface area contributed by atoms with Crippen LogP contribution in [0, 0.1) is 6.92 Å². The number of hydrogen-bond donors (Lipinski definition) is 2. The molecule has 1 heterocycles. The summed E-state index contributed by atoms with van der Waals surface area (Å²) in [6.45, 7) is 2.26. The Kier molecular flexibility index (Phi) is 6.38. The summed E-state index contributed by atoms with van der Waals surface area (Å²) in [7, 11) is 1.50. The van der Waals surface area contributed by atoms with Gasteiger partial charge in [-0.3, -0.25) is 4.79 Å². The van der Waals surface area contributed by atoms with E-state index < -0.39 is 17.6 Å². The van der Waals surface area contributed by atoms with Gasteiger partial charge in [-0.15, -0.1) is 0 Å². The fraction of sp³-hybridized carbons (Fsp3) is 0.312. The van der Waals surface area contributed by atoms with Gasteiger partial charge in [0.25, 0.3) is 5.91 Å². The molecule has 1 aromatic heterocycles. The number of nitrogens with one attached hydrogen (secondary N) is 2. The minimum atomic E-state index is -4.51. The maximum atomic E-state index is 12.9. The van der Waals surface area contributed by atoms with Gasteiger partial charge in [0, 0.05) is 19.3 Å². The topological polar surface area (TPSA) is 76.1 Å². The number of nitrogens with zero attached hydrogens (tertiary/aromatic N) is 2. The number of ether oxygens (including phenoxy) is 1. The molecule has 10 heteroatoms. The predicted molar refractivity (Wildman–Crippen MR) is 90.7 cm³/mol. The molecule has 0 saturated heterocycles. The summed E-state index contributed by atoms with van der Waals surface area (Å²) in [4.78, 5) is 20.2. The molecule has 0 spiro atoms. The summed E-state index contributed by atoms with van der Waals surface area (Å²) in [5.74, 6) is -0.492. The van der Waals surface area contributed by atoms with E-state index >= 15 is 0 Å². The van der Waals surface area contributed by atoms with Crippen LogP contribution in [0.5, 0.6) is 0 Å². The lowest BCUT2D eigenvalue weighted by molar-refractivity contribution is -0.137. The maximum absolute atomic E-state index is 12.9. The van der Waals surface area contributed by atoms with Crippen molar-refractivity contribution in [2.24, 2.45) is 0 Å². The fourth-order valence-electron chi connectivity index (χ4n) is 2.02. The molecule has 0 bridgehead atoms. The van der Waals surface area contributed by atoms with Gasteiger partial charge >= 0.3 is 6.18 Å². The number of halogens is 4. The van der Waals surface area contributed by atoms with E-state index in [2.05, 4.69) is 20.6 Å². The molecule has 0 unspecified atom stereocenters. The van der Waals surface area contributed by atoms with Gasteiger partial charge in [0.15, 0.2) is 0 Å². The number of carbonyl (C=O) groups excluding carboxylic acids is 1. The Bertz CT molecular complexity index is 800. The first-order valence-electron chi connectivity index (χ1n) is 7.47. The number of hydrogen-bond acceptors (Lipinski definition) is 5. The number of aromatic nitrogens is 2. The molecule has 6 nitrogen and oxygen atoms in total. The number of alkyl halides is 3. The minimum Gasteiger partial charge on any atom is -0.383 e. The van der Waals surface area contributed by atoms with Gasteiger partial charge in [0.1, 0.15) is 5.69 Å². The Morgan fingerprint density at radius 1 is 1.27 bits per heavy atom. The molecule has 0 aliphatic heterocycles. The third-order valence-electron chi connectivity index (χ3n) is 3.22. The number of aryl methyl sites for hydroxylation is 1. The molecule has 0 aliphatic carbocycles. The molecule has 26 heavy (non-hydrogen) atoms. The molecule has 140 valence electrons. The fourth-order valence-corrected chi connectivity index (χ4v) is 2.18. The standard InChI is InChI=1S/C16H16ClF3N4O2/c1-9-7-13(14(25)21-5-6-26-2)24-15(22-9)23-12-8-10(16(18,19)20)3-4-11(12)17/h3-4,7-8H,5-6H2,1-2H3,(H,21,25)(H,22,23,24). The highest BCUT2D eigenvalue weighted by Gasteiger charge is 2.31. The van der Waals surface area contributed by atoms with Gasteiger partial charge in [-0.05, 0) is 31.2 Å². The van der Waals surface area contributed by atoms with Crippen molar-refractivity contribution in [2.75, 3.05) is 25.6 Å². The molecule has 0 atom stereocenters. The van der Waals surface area contributed by atoms with Gasteiger partial charge < -0.3 is 15.4 Å².